The fraction of sp³-hybridized carbons (Fsp3) is 0.103. The van der Waals surface area contributed by atoms with Crippen LogP contribution in [0.2, 0.25) is 0 Å². The molecule has 0 aliphatic carbocycles. The second-order valence-electron chi connectivity index (χ2n) is 8.87. The normalized spacial score (nSPS) is 15.7. The van der Waals surface area contributed by atoms with Crippen molar-refractivity contribution < 1.29 is 18.0 Å². The maximum absolute atomic E-state index is 13.1. The number of nitrogens with one attached hydrogen (secondary N) is 1. The molecule has 0 spiro atoms. The fourth-order valence-corrected chi connectivity index (χ4v) is 6.06. The molecule has 1 atom stereocenters. The maximum Gasteiger partial charge on any atom is 0.261 e. The number of amides is 2. The molecule has 5 rings (SSSR count). The smallest absolute Gasteiger partial charge is 0.261 e. The van der Waals surface area contributed by atoms with Gasteiger partial charge >= 0.3 is 0 Å². The highest BCUT2D eigenvalue weighted by Crippen LogP contribution is 2.35. The van der Waals surface area contributed by atoms with Gasteiger partial charge in [-0.1, -0.05) is 35.9 Å². The highest BCUT2D eigenvalue weighted by atomic mass is 32.2. The molecule has 4 aromatic carbocycles. The van der Waals surface area contributed by atoms with Crippen molar-refractivity contribution in [3.63, 3.8) is 0 Å². The lowest BCUT2D eigenvalue weighted by Gasteiger charge is -2.15. The van der Waals surface area contributed by atoms with Gasteiger partial charge in [0, 0.05) is 17.0 Å². The lowest BCUT2D eigenvalue weighted by atomic mass is 10.2. The van der Waals surface area contributed by atoms with E-state index in [0.717, 1.165) is 16.1 Å². The Balaban J connectivity index is 1.22. The van der Waals surface area contributed by atoms with Gasteiger partial charge in [-0.25, -0.2) is 13.3 Å². The highest BCUT2D eigenvalue weighted by Gasteiger charge is 2.40. The number of carbonyl (C=O) groups is 2. The van der Waals surface area contributed by atoms with E-state index in [0.29, 0.717) is 17.1 Å². The molecule has 8 nitrogen and oxygen atoms in total. The average Bonchev–Trinajstić information content (AvgIpc) is 3.21. The van der Waals surface area contributed by atoms with Gasteiger partial charge < -0.3 is 0 Å². The van der Waals surface area contributed by atoms with Gasteiger partial charge in [-0.15, -0.1) is 11.8 Å². The summed E-state index contributed by atoms with van der Waals surface area (Å²) in [5.41, 5.74) is 3.18. The van der Waals surface area contributed by atoms with Crippen molar-refractivity contribution >= 4 is 56.3 Å². The summed E-state index contributed by atoms with van der Waals surface area (Å²) in [5.74, 6) is -0.577. The summed E-state index contributed by atoms with van der Waals surface area (Å²) in [5, 5.41) is 7.79. The van der Waals surface area contributed by atoms with Crippen molar-refractivity contribution in [3.05, 3.63) is 109 Å². The molecule has 1 aliphatic rings. The minimum atomic E-state index is -3.72. The molecule has 10 heteroatoms. The van der Waals surface area contributed by atoms with Crippen LogP contribution in [-0.2, 0) is 19.6 Å². The average molecular weight is 557 g/mol. The third-order valence-electron chi connectivity index (χ3n) is 5.97. The van der Waals surface area contributed by atoms with Gasteiger partial charge in [0.05, 0.1) is 27.2 Å². The number of azo groups is 1. The number of carbonyl (C=O) groups excluding carboxylic acids is 2. The van der Waals surface area contributed by atoms with E-state index >= 15 is 0 Å². The van der Waals surface area contributed by atoms with Crippen molar-refractivity contribution in [2.75, 3.05) is 9.62 Å². The number of anilines is 2. The van der Waals surface area contributed by atoms with Gasteiger partial charge in [-0.2, -0.15) is 10.2 Å². The van der Waals surface area contributed by atoms with E-state index in [9.17, 15) is 18.0 Å². The molecule has 4 aromatic rings. The summed E-state index contributed by atoms with van der Waals surface area (Å²) in [6, 6.07) is 29.4. The Bertz CT molecular complexity index is 1620. The van der Waals surface area contributed by atoms with Crippen molar-refractivity contribution in [3.8, 4) is 0 Å². The minimum absolute atomic E-state index is 0.0702. The van der Waals surface area contributed by atoms with E-state index in [4.69, 9.17) is 0 Å². The molecule has 2 amide bonds. The van der Waals surface area contributed by atoms with Gasteiger partial charge in [0.1, 0.15) is 0 Å². The van der Waals surface area contributed by atoms with E-state index in [1.54, 1.807) is 72.8 Å². The summed E-state index contributed by atoms with van der Waals surface area (Å²) in [6.45, 7) is 1.89. The predicted octanol–water partition coefficient (Wildman–Crippen LogP) is 6.64. The topological polar surface area (TPSA) is 108 Å². The van der Waals surface area contributed by atoms with E-state index in [-0.39, 0.29) is 23.1 Å². The first-order valence-electron chi connectivity index (χ1n) is 12.1. The first-order valence-corrected chi connectivity index (χ1v) is 14.4. The number of thioether (sulfide) groups is 1. The lowest BCUT2D eigenvalue weighted by molar-refractivity contribution is -0.121. The quantitative estimate of drug-likeness (QED) is 0.193. The Morgan fingerprint density at radius 1 is 0.795 bits per heavy atom. The number of sulfonamides is 1. The van der Waals surface area contributed by atoms with Crippen LogP contribution in [0.5, 0.6) is 0 Å². The van der Waals surface area contributed by atoms with Crippen LogP contribution >= 0.6 is 11.8 Å². The summed E-state index contributed by atoms with van der Waals surface area (Å²) < 4.78 is 27.8. The van der Waals surface area contributed by atoms with Gasteiger partial charge in [0.15, 0.2) is 0 Å². The molecular formula is C29H24N4O4S2. The van der Waals surface area contributed by atoms with Gasteiger partial charge in [-0.05, 0) is 79.7 Å². The fourth-order valence-electron chi connectivity index (χ4n) is 3.94. The second kappa shape index (κ2) is 11.2. The molecule has 1 aliphatic heterocycles. The van der Waals surface area contributed by atoms with E-state index in [2.05, 4.69) is 15.0 Å². The van der Waals surface area contributed by atoms with Gasteiger partial charge in [-0.3, -0.25) is 14.3 Å². The highest BCUT2D eigenvalue weighted by molar-refractivity contribution is 8.00. The third-order valence-corrected chi connectivity index (χ3v) is 8.56. The molecule has 0 radical (unpaired) electrons. The predicted molar refractivity (Wildman–Crippen MR) is 152 cm³/mol. The van der Waals surface area contributed by atoms with Crippen LogP contribution in [0.3, 0.4) is 0 Å². The number of hydrogen-bond acceptors (Lipinski definition) is 7. The number of hydrogen-bond donors (Lipinski definition) is 1. The summed E-state index contributed by atoms with van der Waals surface area (Å²) in [4.78, 5) is 27.9. The number of imide groups is 1. The molecule has 0 aromatic heterocycles. The van der Waals surface area contributed by atoms with Crippen LogP contribution in [0.25, 0.3) is 0 Å². The standard InChI is InChI=1S/C29H24N4O4S2/c1-20-7-17-26(18-8-20)39(36,37)32-23-11-15-25(16-12-23)38-27-19-28(34)33(29(27)35)24-13-9-22(10-14-24)31-30-21-5-3-2-4-6-21/h2-18,27,32H,19H2,1H3. The summed E-state index contributed by atoms with van der Waals surface area (Å²) in [6.07, 6.45) is 0.0702. The Morgan fingerprint density at radius 2 is 1.41 bits per heavy atom. The molecular weight excluding hydrogens is 532 g/mol. The zero-order valence-corrected chi connectivity index (χ0v) is 22.5. The zero-order valence-electron chi connectivity index (χ0n) is 20.9. The number of rotatable bonds is 8. The van der Waals surface area contributed by atoms with Gasteiger partial charge in [0.2, 0.25) is 11.8 Å². The molecule has 1 unspecified atom stereocenters. The SMILES string of the molecule is Cc1ccc(S(=O)(=O)Nc2ccc(SC3CC(=O)N(c4ccc(N=Nc5ccccc5)cc4)C3=O)cc2)cc1. The van der Waals surface area contributed by atoms with Crippen LogP contribution in [0, 0.1) is 6.92 Å². The van der Waals surface area contributed by atoms with Crippen LogP contribution in [0.4, 0.5) is 22.7 Å². The zero-order chi connectivity index (χ0) is 27.4. The second-order valence-corrected chi connectivity index (χ2v) is 11.8. The van der Waals surface area contributed by atoms with Crippen molar-refractivity contribution in [2.24, 2.45) is 10.2 Å². The Kier molecular flexibility index (Phi) is 7.58. The van der Waals surface area contributed by atoms with E-state index in [1.807, 2.05) is 37.3 Å². The Hall–Kier alpha value is -4.28. The molecule has 0 bridgehead atoms. The molecule has 0 saturated carbocycles. The van der Waals surface area contributed by atoms with Crippen molar-refractivity contribution in [1.29, 1.82) is 0 Å². The van der Waals surface area contributed by atoms with Crippen molar-refractivity contribution in [2.45, 2.75) is 28.4 Å². The van der Waals surface area contributed by atoms with Crippen molar-refractivity contribution in [1.82, 2.24) is 0 Å². The maximum atomic E-state index is 13.1. The lowest BCUT2D eigenvalue weighted by Crippen LogP contribution is -2.30. The Labute approximate surface area is 230 Å². The molecule has 39 heavy (non-hydrogen) atoms. The monoisotopic (exact) mass is 556 g/mol. The molecule has 1 saturated heterocycles. The molecule has 1 heterocycles. The largest absolute Gasteiger partial charge is 0.280 e. The number of aryl methyl sites for hydroxylation is 1. The van der Waals surface area contributed by atoms with Crippen LogP contribution in [0.15, 0.2) is 123 Å². The first-order chi connectivity index (χ1) is 18.8. The number of nitrogens with zero attached hydrogens (tertiary/aromatic N) is 3. The third kappa shape index (κ3) is 6.24. The summed E-state index contributed by atoms with van der Waals surface area (Å²) in [7, 11) is -3.72. The van der Waals surface area contributed by atoms with Gasteiger partial charge in [0.25, 0.3) is 10.0 Å². The van der Waals surface area contributed by atoms with E-state index in [1.165, 1.54) is 16.7 Å². The van der Waals surface area contributed by atoms with Crippen LogP contribution in [0.1, 0.15) is 12.0 Å². The molecule has 1 N–H and O–H groups in total. The Morgan fingerprint density at radius 3 is 2.05 bits per heavy atom. The summed E-state index contributed by atoms with van der Waals surface area (Å²) >= 11 is 1.27. The number of benzene rings is 4. The van der Waals surface area contributed by atoms with E-state index < -0.39 is 15.3 Å². The minimum Gasteiger partial charge on any atom is -0.280 e. The van der Waals surface area contributed by atoms with Crippen LogP contribution < -0.4 is 9.62 Å². The van der Waals surface area contributed by atoms with Crippen LogP contribution in [-0.4, -0.2) is 25.5 Å². The first kappa shape index (κ1) is 26.3. The molecule has 1 fully saturated rings. The molecule has 196 valence electrons.